The minimum Gasteiger partial charge on any atom is -0.312 e. The molecule has 6 heteroatoms. The van der Waals surface area contributed by atoms with Gasteiger partial charge in [0, 0.05) is 35.4 Å². The first-order valence-electron chi connectivity index (χ1n) is 7.56. The van der Waals surface area contributed by atoms with Crippen LogP contribution in [-0.2, 0) is 5.66 Å². The van der Waals surface area contributed by atoms with E-state index in [1.807, 2.05) is 30.3 Å². The predicted octanol–water partition coefficient (Wildman–Crippen LogP) is 2.25. The second kappa shape index (κ2) is 4.89. The summed E-state index contributed by atoms with van der Waals surface area (Å²) in [5, 5.41) is 14.6. The summed E-state index contributed by atoms with van der Waals surface area (Å²) in [5.74, 6) is -0.0284. The zero-order valence-corrected chi connectivity index (χ0v) is 12.4. The molecule has 0 saturated carbocycles. The van der Waals surface area contributed by atoms with E-state index in [-0.39, 0.29) is 11.6 Å². The van der Waals surface area contributed by atoms with E-state index >= 15 is 0 Å². The highest BCUT2D eigenvalue weighted by Gasteiger charge is 2.52. The molecule has 116 valence electrons. The van der Waals surface area contributed by atoms with Crippen LogP contribution in [-0.4, -0.2) is 28.8 Å². The molecule has 0 spiro atoms. The van der Waals surface area contributed by atoms with Gasteiger partial charge in [-0.15, -0.1) is 0 Å². The minimum atomic E-state index is -0.808. The summed E-state index contributed by atoms with van der Waals surface area (Å²) in [6.45, 7) is 1.38. The van der Waals surface area contributed by atoms with Gasteiger partial charge in [0.2, 0.25) is 0 Å². The van der Waals surface area contributed by atoms with Gasteiger partial charge < -0.3 is 4.90 Å². The number of nitrogens with zero attached hydrogens (tertiary/aromatic N) is 2. The van der Waals surface area contributed by atoms with E-state index in [4.69, 9.17) is 0 Å². The molecule has 6 nitrogen and oxygen atoms in total. The Morgan fingerprint density at radius 2 is 2.00 bits per heavy atom. The second-order valence-corrected chi connectivity index (χ2v) is 5.80. The number of nitro benzene ring substituents is 1. The van der Waals surface area contributed by atoms with Crippen LogP contribution in [0.3, 0.4) is 0 Å². The molecule has 2 aromatic rings. The molecule has 2 aliphatic rings. The van der Waals surface area contributed by atoms with E-state index in [1.165, 1.54) is 6.07 Å². The topological polar surface area (TPSA) is 75.5 Å². The van der Waals surface area contributed by atoms with Crippen molar-refractivity contribution in [3.8, 4) is 0 Å². The van der Waals surface area contributed by atoms with Crippen LogP contribution in [0.1, 0.15) is 27.9 Å². The Bertz CT molecular complexity index is 820. The van der Waals surface area contributed by atoms with Crippen molar-refractivity contribution in [2.75, 3.05) is 13.1 Å². The van der Waals surface area contributed by atoms with Crippen molar-refractivity contribution >= 4 is 11.6 Å². The molecule has 1 unspecified atom stereocenters. The summed E-state index contributed by atoms with van der Waals surface area (Å²) < 4.78 is 0. The zero-order valence-electron chi connectivity index (χ0n) is 12.4. The Kier molecular flexibility index (Phi) is 2.96. The number of nitro groups is 1. The van der Waals surface area contributed by atoms with Gasteiger partial charge in [0.1, 0.15) is 5.66 Å². The number of amides is 1. The fraction of sp³-hybridized carbons (Fsp3) is 0.235. The van der Waals surface area contributed by atoms with Gasteiger partial charge in [-0.2, -0.15) is 0 Å². The lowest BCUT2D eigenvalue weighted by atomic mass is 9.89. The molecule has 2 aliphatic heterocycles. The van der Waals surface area contributed by atoms with Crippen LogP contribution in [0, 0.1) is 10.1 Å². The van der Waals surface area contributed by atoms with Gasteiger partial charge in [0.25, 0.3) is 11.6 Å². The van der Waals surface area contributed by atoms with Gasteiger partial charge in [-0.1, -0.05) is 30.3 Å². The number of hydrogen-bond acceptors (Lipinski definition) is 4. The molecule has 0 bridgehead atoms. The summed E-state index contributed by atoms with van der Waals surface area (Å²) in [7, 11) is 0. The normalized spacial score (nSPS) is 22.6. The molecular weight excluding hydrogens is 294 g/mol. The first-order chi connectivity index (χ1) is 11.1. The lowest BCUT2D eigenvalue weighted by Gasteiger charge is -2.44. The van der Waals surface area contributed by atoms with Gasteiger partial charge in [-0.05, 0) is 19.0 Å². The highest BCUT2D eigenvalue weighted by atomic mass is 16.6. The van der Waals surface area contributed by atoms with E-state index in [2.05, 4.69) is 5.32 Å². The third-order valence-electron chi connectivity index (χ3n) is 4.61. The van der Waals surface area contributed by atoms with Crippen LogP contribution in [0.15, 0.2) is 48.5 Å². The fourth-order valence-corrected chi connectivity index (χ4v) is 3.65. The summed E-state index contributed by atoms with van der Waals surface area (Å²) in [6.07, 6.45) is 0.858. The molecule has 1 atom stereocenters. The summed E-state index contributed by atoms with van der Waals surface area (Å²) >= 11 is 0. The Labute approximate surface area is 132 Å². The summed E-state index contributed by atoms with van der Waals surface area (Å²) in [4.78, 5) is 25.3. The molecule has 0 radical (unpaired) electrons. The van der Waals surface area contributed by atoms with Crippen molar-refractivity contribution in [1.82, 2.24) is 10.2 Å². The number of nitrogens with one attached hydrogen (secondary N) is 1. The maximum Gasteiger partial charge on any atom is 0.269 e. The first kappa shape index (κ1) is 13.9. The van der Waals surface area contributed by atoms with Crippen molar-refractivity contribution in [1.29, 1.82) is 0 Å². The van der Waals surface area contributed by atoms with Crippen LogP contribution in [0.5, 0.6) is 0 Å². The van der Waals surface area contributed by atoms with Crippen LogP contribution >= 0.6 is 0 Å². The van der Waals surface area contributed by atoms with Crippen LogP contribution < -0.4 is 5.32 Å². The molecule has 4 rings (SSSR count). The van der Waals surface area contributed by atoms with Gasteiger partial charge in [0.15, 0.2) is 0 Å². The second-order valence-electron chi connectivity index (χ2n) is 5.80. The zero-order chi connectivity index (χ0) is 16.0. The quantitative estimate of drug-likeness (QED) is 0.682. The molecule has 1 fully saturated rings. The number of rotatable bonds is 2. The molecular formula is C17H15N3O3. The van der Waals surface area contributed by atoms with Crippen LogP contribution in [0.25, 0.3) is 0 Å². The van der Waals surface area contributed by atoms with Crippen molar-refractivity contribution in [3.63, 3.8) is 0 Å². The Balaban J connectivity index is 1.97. The van der Waals surface area contributed by atoms with Crippen molar-refractivity contribution < 1.29 is 9.72 Å². The third kappa shape index (κ3) is 1.82. The lowest BCUT2D eigenvalue weighted by molar-refractivity contribution is -0.385. The van der Waals surface area contributed by atoms with Crippen LogP contribution in [0.2, 0.25) is 0 Å². The lowest BCUT2D eigenvalue weighted by Crippen LogP contribution is -2.59. The molecule has 0 aliphatic carbocycles. The van der Waals surface area contributed by atoms with E-state index in [9.17, 15) is 14.9 Å². The number of carbonyl (C=O) groups excluding carboxylic acids is 1. The molecule has 1 saturated heterocycles. The fourth-order valence-electron chi connectivity index (χ4n) is 3.65. The molecule has 1 amide bonds. The molecule has 0 aromatic heterocycles. The molecule has 23 heavy (non-hydrogen) atoms. The monoisotopic (exact) mass is 309 g/mol. The summed E-state index contributed by atoms with van der Waals surface area (Å²) in [5.41, 5.74) is 1.47. The molecule has 2 heterocycles. The average Bonchev–Trinajstić information content (AvgIpc) is 2.86. The van der Waals surface area contributed by atoms with E-state index < -0.39 is 10.6 Å². The SMILES string of the molecule is O=C1c2ccccc2C2(c3cccc([N+](=O)[O-])c3)NCCCN12. The average molecular weight is 309 g/mol. The number of carbonyl (C=O) groups is 1. The smallest absolute Gasteiger partial charge is 0.269 e. The number of non-ortho nitro benzene ring substituents is 1. The molecule has 2 aromatic carbocycles. The Hall–Kier alpha value is -2.73. The molecule has 1 N–H and O–H groups in total. The highest BCUT2D eigenvalue weighted by Crippen LogP contribution is 2.44. The van der Waals surface area contributed by atoms with Crippen LogP contribution in [0.4, 0.5) is 5.69 Å². The largest absolute Gasteiger partial charge is 0.312 e. The predicted molar refractivity (Wildman–Crippen MR) is 84.0 cm³/mol. The minimum absolute atomic E-state index is 0.0284. The van der Waals surface area contributed by atoms with Crippen molar-refractivity contribution in [3.05, 3.63) is 75.3 Å². The van der Waals surface area contributed by atoms with Gasteiger partial charge in [0.05, 0.1) is 4.92 Å². The highest BCUT2D eigenvalue weighted by molar-refractivity contribution is 6.00. The number of benzene rings is 2. The van der Waals surface area contributed by atoms with Gasteiger partial charge in [-0.25, -0.2) is 0 Å². The third-order valence-corrected chi connectivity index (χ3v) is 4.61. The van der Waals surface area contributed by atoms with Crippen molar-refractivity contribution in [2.24, 2.45) is 0 Å². The standard InChI is InChI=1S/C17H15N3O3/c21-16-14-7-1-2-8-15(14)17(18-9-4-10-19(16)17)12-5-3-6-13(11-12)20(22)23/h1-3,5-8,11,18H,4,9-10H2. The van der Waals surface area contributed by atoms with Gasteiger partial charge >= 0.3 is 0 Å². The van der Waals surface area contributed by atoms with E-state index in [0.29, 0.717) is 12.1 Å². The number of fused-ring (bicyclic) bond motifs is 3. The van der Waals surface area contributed by atoms with Gasteiger partial charge in [-0.3, -0.25) is 20.2 Å². The Morgan fingerprint density at radius 1 is 1.17 bits per heavy atom. The maximum atomic E-state index is 12.8. The Morgan fingerprint density at radius 3 is 2.83 bits per heavy atom. The maximum absolute atomic E-state index is 12.8. The van der Waals surface area contributed by atoms with E-state index in [0.717, 1.165) is 24.1 Å². The first-order valence-corrected chi connectivity index (χ1v) is 7.56. The summed E-state index contributed by atoms with van der Waals surface area (Å²) in [6, 6.07) is 14.0. The number of hydrogen-bond donors (Lipinski definition) is 1. The van der Waals surface area contributed by atoms with Crippen molar-refractivity contribution in [2.45, 2.75) is 12.1 Å². The van der Waals surface area contributed by atoms with E-state index in [1.54, 1.807) is 17.0 Å².